The third-order valence-electron chi connectivity index (χ3n) is 3.55. The zero-order chi connectivity index (χ0) is 15.5. The van der Waals surface area contributed by atoms with Crippen LogP contribution in [0, 0.1) is 10.1 Å². The average Bonchev–Trinajstić information content (AvgIpc) is 2.52. The van der Waals surface area contributed by atoms with Crippen LogP contribution in [0.2, 0.25) is 0 Å². The van der Waals surface area contributed by atoms with Gasteiger partial charge in [0.2, 0.25) is 0 Å². The first-order valence-electron chi connectivity index (χ1n) is 6.95. The fourth-order valence-electron chi connectivity index (χ4n) is 2.42. The summed E-state index contributed by atoms with van der Waals surface area (Å²) >= 11 is 0. The second-order valence-corrected chi connectivity index (χ2v) is 5.03. The molecule has 6 nitrogen and oxygen atoms in total. The number of para-hydroxylation sites is 1. The molecular formula is C16H15N3O3. The molecule has 3 rings (SSSR count). The highest BCUT2D eigenvalue weighted by Gasteiger charge is 2.15. The predicted molar refractivity (Wildman–Crippen MR) is 84.7 cm³/mol. The van der Waals surface area contributed by atoms with Gasteiger partial charge in [-0.1, -0.05) is 23.4 Å². The van der Waals surface area contributed by atoms with Crippen molar-refractivity contribution >= 4 is 22.8 Å². The number of nitrogens with zero attached hydrogens (tertiary/aromatic N) is 2. The maximum atomic E-state index is 11.0. The molecule has 2 aromatic rings. The number of benzene rings is 2. The predicted octanol–water partition coefficient (Wildman–Crippen LogP) is 3.64. The van der Waals surface area contributed by atoms with Crippen molar-refractivity contribution in [2.45, 2.75) is 13.3 Å². The average molecular weight is 297 g/mol. The maximum Gasteiger partial charge on any atom is 0.271 e. The summed E-state index contributed by atoms with van der Waals surface area (Å²) in [6.07, 6.45) is 0.713. The fraction of sp³-hybridized carbons (Fsp3) is 0.188. The summed E-state index contributed by atoms with van der Waals surface area (Å²) in [6, 6.07) is 12.5. The number of rotatable bonds is 1. The minimum Gasteiger partial charge on any atom is -0.395 e. The lowest BCUT2D eigenvalue weighted by Gasteiger charge is -2.16. The molecule has 0 radical (unpaired) electrons. The molecule has 1 N–H and O–H groups in total. The third kappa shape index (κ3) is 2.76. The van der Waals surface area contributed by atoms with Crippen LogP contribution in [0.3, 0.4) is 0 Å². The largest absolute Gasteiger partial charge is 0.395 e. The summed E-state index contributed by atoms with van der Waals surface area (Å²) in [6.45, 7) is 2.30. The molecule has 0 aromatic heterocycles. The highest BCUT2D eigenvalue weighted by Crippen LogP contribution is 2.29. The summed E-state index contributed by atoms with van der Waals surface area (Å²) in [5, 5.41) is 18.4. The van der Waals surface area contributed by atoms with Crippen LogP contribution < -0.4 is 5.32 Å². The maximum absolute atomic E-state index is 11.0. The summed E-state index contributed by atoms with van der Waals surface area (Å²) in [5.74, 6) is 0. The highest BCUT2D eigenvalue weighted by molar-refractivity contribution is 6.04. The number of hydrogen-bond acceptors (Lipinski definition) is 5. The summed E-state index contributed by atoms with van der Waals surface area (Å²) < 4.78 is 0. The van der Waals surface area contributed by atoms with E-state index in [9.17, 15) is 10.1 Å². The van der Waals surface area contributed by atoms with Crippen LogP contribution in [0.1, 0.15) is 18.1 Å². The van der Waals surface area contributed by atoms with Gasteiger partial charge in [0.15, 0.2) is 0 Å². The number of nitro groups is 1. The molecule has 0 bridgehead atoms. The quantitative estimate of drug-likeness (QED) is 0.644. The van der Waals surface area contributed by atoms with E-state index in [0.29, 0.717) is 24.4 Å². The molecule has 0 saturated carbocycles. The van der Waals surface area contributed by atoms with Crippen molar-refractivity contribution in [2.24, 2.45) is 5.16 Å². The monoisotopic (exact) mass is 297 g/mol. The van der Waals surface area contributed by atoms with E-state index in [2.05, 4.69) is 10.5 Å². The van der Waals surface area contributed by atoms with Gasteiger partial charge in [-0.25, -0.2) is 0 Å². The molecule has 0 spiro atoms. The Morgan fingerprint density at radius 2 is 2.05 bits per heavy atom. The lowest BCUT2D eigenvalue weighted by Crippen LogP contribution is -2.08. The minimum atomic E-state index is -0.407. The van der Waals surface area contributed by atoms with Gasteiger partial charge < -0.3 is 10.2 Å². The van der Waals surface area contributed by atoms with E-state index in [1.54, 1.807) is 6.07 Å². The van der Waals surface area contributed by atoms with Gasteiger partial charge in [0.1, 0.15) is 6.61 Å². The summed E-state index contributed by atoms with van der Waals surface area (Å²) in [4.78, 5) is 15.9. The van der Waals surface area contributed by atoms with Crippen molar-refractivity contribution in [3.05, 3.63) is 63.7 Å². The molecule has 112 valence electrons. The number of anilines is 2. The molecule has 0 saturated heterocycles. The first-order valence-corrected chi connectivity index (χ1v) is 6.95. The van der Waals surface area contributed by atoms with Gasteiger partial charge in [-0.2, -0.15) is 0 Å². The normalized spacial score (nSPS) is 16.1. The Labute approximate surface area is 127 Å². The Bertz CT molecular complexity index is 756. The van der Waals surface area contributed by atoms with Gasteiger partial charge in [-0.15, -0.1) is 0 Å². The van der Waals surface area contributed by atoms with Crippen LogP contribution in [-0.4, -0.2) is 17.2 Å². The first-order chi connectivity index (χ1) is 10.6. The van der Waals surface area contributed by atoms with Crippen LogP contribution in [0.5, 0.6) is 0 Å². The molecular weight excluding hydrogens is 282 g/mol. The van der Waals surface area contributed by atoms with Crippen LogP contribution in [-0.2, 0) is 11.3 Å². The van der Waals surface area contributed by atoms with Crippen LogP contribution in [0.15, 0.2) is 47.6 Å². The second kappa shape index (κ2) is 5.85. The highest BCUT2D eigenvalue weighted by atomic mass is 16.6. The molecule has 0 unspecified atom stereocenters. The molecule has 1 aliphatic heterocycles. The first kappa shape index (κ1) is 14.1. The van der Waals surface area contributed by atoms with E-state index in [-0.39, 0.29) is 5.69 Å². The summed E-state index contributed by atoms with van der Waals surface area (Å²) in [5.41, 5.74) is 4.14. The molecule has 22 heavy (non-hydrogen) atoms. The van der Waals surface area contributed by atoms with E-state index in [1.165, 1.54) is 12.1 Å². The SMILES string of the molecule is C/C1=N/OCCc2ccccc2Nc2cc([N+](=O)[O-])ccc21. The van der Waals surface area contributed by atoms with Gasteiger partial charge in [0, 0.05) is 29.8 Å². The summed E-state index contributed by atoms with van der Waals surface area (Å²) in [7, 11) is 0. The Hall–Kier alpha value is -2.89. The second-order valence-electron chi connectivity index (χ2n) is 5.03. The van der Waals surface area contributed by atoms with E-state index in [1.807, 2.05) is 31.2 Å². The van der Waals surface area contributed by atoms with E-state index < -0.39 is 4.92 Å². The Morgan fingerprint density at radius 3 is 2.86 bits per heavy atom. The Balaban J connectivity index is 2.13. The standard InChI is InChI=1S/C16H15N3O3/c1-11-14-7-6-13(19(20)21)10-16(14)17-15-5-3-2-4-12(15)8-9-22-18-11/h2-7,10,17H,8-9H2,1H3/b18-11-. The molecule has 1 heterocycles. The van der Waals surface area contributed by atoms with Gasteiger partial charge in [0.25, 0.3) is 5.69 Å². The molecule has 0 atom stereocenters. The molecule has 6 heteroatoms. The zero-order valence-corrected chi connectivity index (χ0v) is 12.1. The third-order valence-corrected chi connectivity index (χ3v) is 3.55. The van der Waals surface area contributed by atoms with Crippen molar-refractivity contribution in [3.63, 3.8) is 0 Å². The van der Waals surface area contributed by atoms with Gasteiger partial charge in [-0.05, 0) is 24.6 Å². The van der Waals surface area contributed by atoms with E-state index in [4.69, 9.17) is 4.84 Å². The van der Waals surface area contributed by atoms with Crippen LogP contribution >= 0.6 is 0 Å². The van der Waals surface area contributed by atoms with E-state index >= 15 is 0 Å². The molecule has 1 aliphatic rings. The van der Waals surface area contributed by atoms with Crippen molar-refractivity contribution in [1.82, 2.24) is 0 Å². The molecule has 0 aliphatic carbocycles. The Morgan fingerprint density at radius 1 is 1.23 bits per heavy atom. The number of non-ortho nitro benzene ring substituents is 1. The topological polar surface area (TPSA) is 76.8 Å². The smallest absolute Gasteiger partial charge is 0.271 e. The zero-order valence-electron chi connectivity index (χ0n) is 12.1. The van der Waals surface area contributed by atoms with Crippen molar-refractivity contribution in [1.29, 1.82) is 0 Å². The van der Waals surface area contributed by atoms with Gasteiger partial charge >= 0.3 is 0 Å². The van der Waals surface area contributed by atoms with Gasteiger partial charge in [-0.3, -0.25) is 10.1 Å². The molecule has 2 aromatic carbocycles. The van der Waals surface area contributed by atoms with Gasteiger partial charge in [0.05, 0.1) is 16.3 Å². The lowest BCUT2D eigenvalue weighted by atomic mass is 10.1. The number of nitro benzene ring substituents is 1. The van der Waals surface area contributed by atoms with Crippen molar-refractivity contribution < 1.29 is 9.76 Å². The van der Waals surface area contributed by atoms with Crippen LogP contribution in [0.25, 0.3) is 0 Å². The minimum absolute atomic E-state index is 0.0366. The molecule has 0 amide bonds. The number of nitrogens with one attached hydrogen (secondary N) is 1. The van der Waals surface area contributed by atoms with Crippen LogP contribution in [0.4, 0.5) is 17.1 Å². The van der Waals surface area contributed by atoms with Crippen molar-refractivity contribution in [2.75, 3.05) is 11.9 Å². The Kier molecular flexibility index (Phi) is 3.74. The fourth-order valence-corrected chi connectivity index (χ4v) is 2.42. The number of hydrogen-bond donors (Lipinski definition) is 1. The lowest BCUT2D eigenvalue weighted by molar-refractivity contribution is -0.384. The number of fused-ring (bicyclic) bond motifs is 2. The van der Waals surface area contributed by atoms with Crippen molar-refractivity contribution in [3.8, 4) is 0 Å². The van der Waals surface area contributed by atoms with E-state index in [0.717, 1.165) is 16.8 Å². The molecule has 0 fully saturated rings. The number of oxime groups is 1.